The Balaban J connectivity index is 0.000000259. The number of allylic oxidation sites excluding steroid dienone is 1. The summed E-state index contributed by atoms with van der Waals surface area (Å²) in [5.41, 5.74) is 1.59. The summed E-state index contributed by atoms with van der Waals surface area (Å²) < 4.78 is 12.8. The van der Waals surface area contributed by atoms with E-state index in [4.69, 9.17) is 14.6 Å². The van der Waals surface area contributed by atoms with Crippen LogP contribution in [0.2, 0.25) is 0 Å². The van der Waals surface area contributed by atoms with Gasteiger partial charge in [0, 0.05) is 37.7 Å². The van der Waals surface area contributed by atoms with E-state index in [0.29, 0.717) is 41.4 Å². The maximum atomic E-state index is 11.2. The van der Waals surface area contributed by atoms with Gasteiger partial charge < -0.3 is 30.3 Å². The van der Waals surface area contributed by atoms with E-state index in [2.05, 4.69) is 68.4 Å². The summed E-state index contributed by atoms with van der Waals surface area (Å²) in [6.45, 7) is 20.3. The molecule has 6 rings (SSSR count). The zero-order valence-electron chi connectivity index (χ0n) is 28.2. The molecule has 7 heteroatoms. The van der Waals surface area contributed by atoms with Gasteiger partial charge in [0.05, 0.1) is 11.2 Å². The first-order valence-electron chi connectivity index (χ1n) is 16.1. The zero-order chi connectivity index (χ0) is 29.2. The third-order valence-corrected chi connectivity index (χ3v) is 12.8. The smallest absolute Gasteiger partial charge is 0.870 e. The van der Waals surface area contributed by atoms with Crippen LogP contribution in [-0.4, -0.2) is 50.7 Å². The van der Waals surface area contributed by atoms with Crippen LogP contribution in [0.15, 0.2) is 11.6 Å². The van der Waals surface area contributed by atoms with Crippen molar-refractivity contribution in [3.8, 4) is 0 Å². The summed E-state index contributed by atoms with van der Waals surface area (Å²) in [4.78, 5) is 0. The van der Waals surface area contributed by atoms with E-state index >= 15 is 0 Å². The number of aliphatic hydroxyl groups is 3. The van der Waals surface area contributed by atoms with Crippen molar-refractivity contribution in [2.75, 3.05) is 7.11 Å². The minimum atomic E-state index is -0.898. The molecule has 2 aliphatic carbocycles. The summed E-state index contributed by atoms with van der Waals surface area (Å²) in [7, 11) is 1.00. The van der Waals surface area contributed by atoms with Gasteiger partial charge in [-0.1, -0.05) is 73.5 Å². The fourth-order valence-corrected chi connectivity index (χ4v) is 10.5. The van der Waals surface area contributed by atoms with Crippen LogP contribution in [0, 0.1) is 52.8 Å². The zero-order valence-corrected chi connectivity index (χ0v) is 30.2. The van der Waals surface area contributed by atoms with Crippen LogP contribution >= 0.6 is 0 Å². The molecule has 0 radical (unpaired) electrons. The molecule has 4 bridgehead atoms. The van der Waals surface area contributed by atoms with Crippen molar-refractivity contribution in [1.29, 1.82) is 0 Å². The van der Waals surface area contributed by atoms with Crippen LogP contribution in [-0.2, 0) is 9.47 Å². The van der Waals surface area contributed by atoms with Gasteiger partial charge >= 0.3 is 29.6 Å². The van der Waals surface area contributed by atoms with Crippen molar-refractivity contribution in [1.82, 2.24) is 0 Å². The van der Waals surface area contributed by atoms with Gasteiger partial charge in [-0.2, -0.15) is 0 Å². The third kappa shape index (κ3) is 5.71. The molecule has 234 valence electrons. The predicted molar refractivity (Wildman–Crippen MR) is 159 cm³/mol. The first kappa shape index (κ1) is 37.7. The van der Waals surface area contributed by atoms with Gasteiger partial charge in [-0.05, 0) is 80.5 Å². The summed E-state index contributed by atoms with van der Waals surface area (Å²) in [5, 5.41) is 29.1. The van der Waals surface area contributed by atoms with E-state index in [-0.39, 0.29) is 57.6 Å². The Kier molecular flexibility index (Phi) is 12.0. The Morgan fingerprint density at radius 1 is 0.854 bits per heavy atom. The number of fused-ring (bicyclic) bond motifs is 2. The van der Waals surface area contributed by atoms with E-state index in [9.17, 15) is 10.2 Å². The molecule has 4 aliphatic heterocycles. The Labute approximate surface area is 273 Å². The number of ether oxygens (including phenoxy) is 2. The van der Waals surface area contributed by atoms with E-state index in [0.717, 1.165) is 39.2 Å². The van der Waals surface area contributed by atoms with Crippen molar-refractivity contribution >= 4 is 0 Å². The molecule has 11 unspecified atom stereocenters. The second-order valence-corrected chi connectivity index (χ2v) is 15.2. The van der Waals surface area contributed by atoms with Crippen LogP contribution in [0.5, 0.6) is 0 Å². The molecule has 0 aromatic carbocycles. The SMILES string of the molecule is C/C=C1\CC2(O)OC3(CC2C(C)C)C(C)CCC13.CCC1(C)CC2(O)OC3(CC2C(C)C)C(C)CCC13.CO.[Na+].[OH-]. The molecule has 11 atom stereocenters. The minimum Gasteiger partial charge on any atom is -0.870 e. The molecule has 4 heterocycles. The largest absolute Gasteiger partial charge is 1.00 e. The summed E-state index contributed by atoms with van der Waals surface area (Å²) in [5.74, 6) is 2.19. The number of rotatable bonds is 3. The van der Waals surface area contributed by atoms with E-state index in [1.54, 1.807) is 0 Å². The topological polar surface area (TPSA) is 109 Å². The molecule has 0 aromatic heterocycles. The number of hydrogen-bond acceptors (Lipinski definition) is 6. The molecular weight excluding hydrogens is 527 g/mol. The van der Waals surface area contributed by atoms with Gasteiger partial charge in [0.1, 0.15) is 0 Å². The molecule has 41 heavy (non-hydrogen) atoms. The first-order chi connectivity index (χ1) is 18.2. The second-order valence-electron chi connectivity index (χ2n) is 15.2. The Morgan fingerprint density at radius 3 is 1.88 bits per heavy atom. The quantitative estimate of drug-likeness (QED) is 0.341. The monoisotopic (exact) mass is 588 g/mol. The van der Waals surface area contributed by atoms with Crippen LogP contribution in [0.25, 0.3) is 0 Å². The molecule has 0 amide bonds. The van der Waals surface area contributed by atoms with E-state index < -0.39 is 11.6 Å². The molecule has 6 aliphatic rings. The molecule has 6 nitrogen and oxygen atoms in total. The second kappa shape index (κ2) is 13.1. The summed E-state index contributed by atoms with van der Waals surface area (Å²) in [6.07, 6.45) is 12.1. The molecule has 4 N–H and O–H groups in total. The maximum Gasteiger partial charge on any atom is 1.00 e. The fourth-order valence-electron chi connectivity index (χ4n) is 10.5. The molecular formula is C34H61NaO6. The molecule has 2 spiro atoms. The summed E-state index contributed by atoms with van der Waals surface area (Å²) in [6, 6.07) is 0. The normalized spacial score (nSPS) is 49.8. The minimum absolute atomic E-state index is 0. The third-order valence-electron chi connectivity index (χ3n) is 12.8. The fraction of sp³-hybridized carbons (Fsp3) is 0.941. The van der Waals surface area contributed by atoms with E-state index in [1.165, 1.54) is 31.3 Å². The summed E-state index contributed by atoms with van der Waals surface area (Å²) >= 11 is 0. The van der Waals surface area contributed by atoms with Crippen molar-refractivity contribution in [2.45, 2.75) is 143 Å². The Morgan fingerprint density at radius 2 is 1.34 bits per heavy atom. The van der Waals surface area contributed by atoms with Gasteiger partial charge in [-0.3, -0.25) is 0 Å². The molecule has 6 fully saturated rings. The van der Waals surface area contributed by atoms with Crippen LogP contribution in [0.1, 0.15) is 120 Å². The van der Waals surface area contributed by atoms with Crippen molar-refractivity contribution in [2.24, 2.45) is 52.8 Å². The van der Waals surface area contributed by atoms with Gasteiger partial charge in [-0.15, -0.1) is 0 Å². The molecule has 4 saturated heterocycles. The van der Waals surface area contributed by atoms with Crippen LogP contribution < -0.4 is 29.6 Å². The average Bonchev–Trinajstić information content (AvgIpc) is 3.55. The standard InChI is InChI=1S/C17H30O2.C16H26O2.CH4O.Na.H2O/c1-6-15(5)10-17(18)13(11(2)3)9-16(19-17)12(4)7-8-14(15)16;1-5-12-8-16(17)14(10(2)3)9-15(18-16)11(4)6-7-13(12)15;1-2;;/h11-14,18H,6-10H2,1-5H3;5,10-11,13-14,17H,6-9H2,1-4H3;2H,1H3;;1H2/q;;;+1;/p-1/b;12-5+;;;. The first-order valence-corrected chi connectivity index (χ1v) is 16.1. The van der Waals surface area contributed by atoms with Gasteiger partial charge in [0.15, 0.2) is 11.6 Å². The van der Waals surface area contributed by atoms with Gasteiger partial charge in [0.2, 0.25) is 0 Å². The molecule has 2 saturated carbocycles. The van der Waals surface area contributed by atoms with Crippen LogP contribution in [0.3, 0.4) is 0 Å². The van der Waals surface area contributed by atoms with Crippen molar-refractivity contribution < 1.29 is 59.8 Å². The van der Waals surface area contributed by atoms with Crippen molar-refractivity contribution in [3.05, 3.63) is 11.6 Å². The Bertz CT molecular complexity index is 921. The number of aliphatic hydroxyl groups excluding tert-OH is 1. The maximum absolute atomic E-state index is 11.2. The number of hydrogen-bond donors (Lipinski definition) is 3. The molecule has 0 aromatic rings. The predicted octanol–water partition coefficient (Wildman–Crippen LogP) is 3.91. The van der Waals surface area contributed by atoms with E-state index in [1.807, 2.05) is 0 Å². The van der Waals surface area contributed by atoms with Crippen molar-refractivity contribution in [3.63, 3.8) is 0 Å². The Hall–Kier alpha value is 0.500. The van der Waals surface area contributed by atoms with Crippen LogP contribution in [0.4, 0.5) is 0 Å². The van der Waals surface area contributed by atoms with Gasteiger partial charge in [-0.25, -0.2) is 0 Å². The van der Waals surface area contributed by atoms with Gasteiger partial charge in [0.25, 0.3) is 0 Å². The average molecular weight is 589 g/mol.